The van der Waals surface area contributed by atoms with Crippen molar-refractivity contribution in [2.24, 2.45) is 0 Å². The van der Waals surface area contributed by atoms with Crippen LogP contribution in [0.25, 0.3) is 0 Å². The van der Waals surface area contributed by atoms with Crippen molar-refractivity contribution < 1.29 is 4.74 Å². The average Bonchev–Trinajstić information content (AvgIpc) is 2.36. The Morgan fingerprint density at radius 1 is 1.18 bits per heavy atom. The monoisotopic (exact) mass is 237 g/mol. The van der Waals surface area contributed by atoms with Gasteiger partial charge in [-0.25, -0.2) is 9.97 Å². The van der Waals surface area contributed by atoms with Gasteiger partial charge in [-0.2, -0.15) is 0 Å². The summed E-state index contributed by atoms with van der Waals surface area (Å²) in [5.74, 6) is 1.66. The third-order valence-corrected chi connectivity index (χ3v) is 3.57. The van der Waals surface area contributed by atoms with Crippen molar-refractivity contribution >= 4 is 5.82 Å². The number of nitrogens with one attached hydrogen (secondary N) is 1. The molecular weight excluding hydrogens is 214 g/mol. The fraction of sp³-hybridized carbons (Fsp3) is 0.692. The summed E-state index contributed by atoms with van der Waals surface area (Å²) in [4.78, 5) is 9.18. The van der Waals surface area contributed by atoms with E-state index in [1.807, 2.05) is 20.9 Å². The second-order valence-corrected chi connectivity index (χ2v) is 4.26. The number of methoxy groups -OCH3 is 1. The molecule has 0 atom stereocenters. The first kappa shape index (κ1) is 13.9. The smallest absolute Gasteiger partial charge is 0.162 e. The number of nitrogens with zero attached hydrogens (tertiary/aromatic N) is 2. The van der Waals surface area contributed by atoms with Gasteiger partial charge in [-0.3, -0.25) is 0 Å². The van der Waals surface area contributed by atoms with E-state index in [0.717, 1.165) is 35.7 Å². The van der Waals surface area contributed by atoms with Crippen molar-refractivity contribution in [2.75, 3.05) is 19.5 Å². The molecule has 0 unspecified atom stereocenters. The fourth-order valence-corrected chi connectivity index (χ4v) is 2.02. The first-order chi connectivity index (χ1) is 8.04. The third kappa shape index (κ3) is 2.41. The summed E-state index contributed by atoms with van der Waals surface area (Å²) in [5, 5.41) is 3.11. The Morgan fingerprint density at radius 3 is 2.18 bits per heavy atom. The lowest BCUT2D eigenvalue weighted by Gasteiger charge is -2.29. The van der Waals surface area contributed by atoms with E-state index >= 15 is 0 Å². The van der Waals surface area contributed by atoms with Gasteiger partial charge in [0.25, 0.3) is 0 Å². The summed E-state index contributed by atoms with van der Waals surface area (Å²) >= 11 is 0. The highest BCUT2D eigenvalue weighted by Gasteiger charge is 2.32. The van der Waals surface area contributed by atoms with E-state index in [9.17, 15) is 0 Å². The molecule has 1 aromatic heterocycles. The minimum atomic E-state index is -0.371. The number of anilines is 1. The summed E-state index contributed by atoms with van der Waals surface area (Å²) in [6, 6.07) is 0. The molecule has 0 aromatic carbocycles. The molecule has 1 heterocycles. The Hall–Kier alpha value is -1.16. The van der Waals surface area contributed by atoms with Gasteiger partial charge in [0.2, 0.25) is 0 Å². The van der Waals surface area contributed by atoms with Gasteiger partial charge in [-0.1, -0.05) is 13.8 Å². The van der Waals surface area contributed by atoms with Crippen LogP contribution in [0.3, 0.4) is 0 Å². The molecule has 4 heteroatoms. The molecule has 4 nitrogen and oxygen atoms in total. The number of aromatic nitrogens is 2. The topological polar surface area (TPSA) is 47.0 Å². The minimum absolute atomic E-state index is 0.371. The predicted molar refractivity (Wildman–Crippen MR) is 70.3 cm³/mol. The summed E-state index contributed by atoms with van der Waals surface area (Å²) < 4.78 is 5.66. The highest BCUT2D eigenvalue weighted by atomic mass is 16.5. The van der Waals surface area contributed by atoms with Crippen molar-refractivity contribution in [2.45, 2.75) is 46.1 Å². The van der Waals surface area contributed by atoms with Crippen LogP contribution in [0.15, 0.2) is 0 Å². The van der Waals surface area contributed by atoms with E-state index < -0.39 is 0 Å². The quantitative estimate of drug-likeness (QED) is 0.855. The molecule has 0 amide bonds. The Balaban J connectivity index is 3.35. The summed E-state index contributed by atoms with van der Waals surface area (Å²) in [5.41, 5.74) is 1.72. The van der Waals surface area contributed by atoms with E-state index in [-0.39, 0.29) is 5.60 Å². The van der Waals surface area contributed by atoms with E-state index in [1.54, 1.807) is 7.11 Å². The van der Waals surface area contributed by atoms with Crippen LogP contribution in [-0.2, 0) is 10.3 Å². The maximum Gasteiger partial charge on any atom is 0.162 e. The van der Waals surface area contributed by atoms with Crippen LogP contribution in [0.4, 0.5) is 5.82 Å². The van der Waals surface area contributed by atoms with Crippen LogP contribution in [-0.4, -0.2) is 24.1 Å². The highest BCUT2D eigenvalue weighted by molar-refractivity contribution is 5.45. The molecule has 0 aliphatic rings. The average molecular weight is 237 g/mol. The van der Waals surface area contributed by atoms with Gasteiger partial charge < -0.3 is 10.1 Å². The van der Waals surface area contributed by atoms with E-state index in [0.29, 0.717) is 0 Å². The Kier molecular flexibility index (Phi) is 4.46. The molecule has 96 valence electrons. The Morgan fingerprint density at radius 2 is 1.76 bits per heavy atom. The van der Waals surface area contributed by atoms with Gasteiger partial charge >= 0.3 is 0 Å². The van der Waals surface area contributed by atoms with Crippen LogP contribution in [0.1, 0.15) is 43.8 Å². The zero-order valence-electron chi connectivity index (χ0n) is 11.7. The van der Waals surface area contributed by atoms with Crippen molar-refractivity contribution in [3.63, 3.8) is 0 Å². The molecule has 0 spiro atoms. The maximum absolute atomic E-state index is 5.66. The Labute approximate surface area is 104 Å². The van der Waals surface area contributed by atoms with Crippen molar-refractivity contribution in [3.8, 4) is 0 Å². The largest absolute Gasteiger partial charge is 0.373 e. The lowest BCUT2D eigenvalue weighted by Crippen LogP contribution is -2.30. The molecule has 17 heavy (non-hydrogen) atoms. The molecule has 0 saturated carbocycles. The molecule has 0 saturated heterocycles. The van der Waals surface area contributed by atoms with Gasteiger partial charge in [-0.05, 0) is 26.7 Å². The van der Waals surface area contributed by atoms with Crippen molar-refractivity contribution in [1.82, 2.24) is 9.97 Å². The summed E-state index contributed by atoms with van der Waals surface area (Å²) in [6.45, 7) is 8.24. The van der Waals surface area contributed by atoms with Crippen LogP contribution in [0.2, 0.25) is 0 Å². The first-order valence-electron chi connectivity index (χ1n) is 6.13. The van der Waals surface area contributed by atoms with E-state index in [4.69, 9.17) is 4.74 Å². The lowest BCUT2D eigenvalue weighted by atomic mass is 9.95. The molecule has 0 fully saturated rings. The number of hydrogen-bond donors (Lipinski definition) is 1. The van der Waals surface area contributed by atoms with Gasteiger partial charge in [-0.15, -0.1) is 0 Å². The summed E-state index contributed by atoms with van der Waals surface area (Å²) in [7, 11) is 3.61. The van der Waals surface area contributed by atoms with Crippen LogP contribution < -0.4 is 5.32 Å². The van der Waals surface area contributed by atoms with Crippen LogP contribution in [0.5, 0.6) is 0 Å². The molecule has 0 bridgehead atoms. The number of rotatable bonds is 5. The second-order valence-electron chi connectivity index (χ2n) is 4.26. The SMILES string of the molecule is CCC(CC)(OC)c1nc(C)c(C)c(NC)n1. The summed E-state index contributed by atoms with van der Waals surface area (Å²) in [6.07, 6.45) is 1.73. The molecule has 0 aliphatic carbocycles. The zero-order valence-corrected chi connectivity index (χ0v) is 11.7. The zero-order chi connectivity index (χ0) is 13.1. The molecule has 0 aliphatic heterocycles. The maximum atomic E-state index is 5.66. The predicted octanol–water partition coefficient (Wildman–Crippen LogP) is 2.80. The van der Waals surface area contributed by atoms with Crippen molar-refractivity contribution in [3.05, 3.63) is 17.1 Å². The van der Waals surface area contributed by atoms with Crippen LogP contribution in [0, 0.1) is 13.8 Å². The number of ether oxygens (including phenoxy) is 1. The van der Waals surface area contributed by atoms with Gasteiger partial charge in [0.15, 0.2) is 5.82 Å². The lowest BCUT2D eigenvalue weighted by molar-refractivity contribution is -0.0291. The molecule has 1 rings (SSSR count). The molecule has 1 N–H and O–H groups in total. The fourth-order valence-electron chi connectivity index (χ4n) is 2.02. The molecule has 0 radical (unpaired) electrons. The van der Waals surface area contributed by atoms with Crippen molar-refractivity contribution in [1.29, 1.82) is 0 Å². The molecular formula is C13H23N3O. The van der Waals surface area contributed by atoms with Gasteiger partial charge in [0.1, 0.15) is 11.4 Å². The van der Waals surface area contributed by atoms with E-state index in [2.05, 4.69) is 29.1 Å². The van der Waals surface area contributed by atoms with Gasteiger partial charge in [0.05, 0.1) is 0 Å². The van der Waals surface area contributed by atoms with Crippen LogP contribution >= 0.6 is 0 Å². The number of aryl methyl sites for hydroxylation is 1. The Bertz CT molecular complexity index is 378. The normalized spacial score (nSPS) is 11.6. The minimum Gasteiger partial charge on any atom is -0.373 e. The molecule has 1 aromatic rings. The highest BCUT2D eigenvalue weighted by Crippen LogP contribution is 2.31. The third-order valence-electron chi connectivity index (χ3n) is 3.57. The second kappa shape index (κ2) is 5.45. The standard InChI is InChI=1S/C13H23N3O/c1-7-13(8-2,17-6)12-15-10(4)9(3)11(14-5)16-12/h7-8H2,1-6H3,(H,14,15,16). The number of hydrogen-bond acceptors (Lipinski definition) is 4. The first-order valence-corrected chi connectivity index (χ1v) is 6.13. The van der Waals surface area contributed by atoms with E-state index in [1.165, 1.54) is 0 Å². The van der Waals surface area contributed by atoms with Gasteiger partial charge in [0, 0.05) is 25.4 Å².